The summed E-state index contributed by atoms with van der Waals surface area (Å²) in [5, 5.41) is 0. The monoisotopic (exact) mass is 394 g/mol. The maximum Gasteiger partial charge on any atom is 0.417 e. The number of halogens is 3. The van der Waals surface area contributed by atoms with E-state index in [1.165, 1.54) is 6.07 Å². The number of alkyl halides is 3. The molecule has 1 aromatic carbocycles. The lowest BCUT2D eigenvalue weighted by molar-refractivity contribution is -0.137. The van der Waals surface area contributed by atoms with Gasteiger partial charge in [0.2, 0.25) is 11.8 Å². The number of benzene rings is 1. The van der Waals surface area contributed by atoms with Gasteiger partial charge in [-0.05, 0) is 23.8 Å². The molecule has 1 aliphatic rings. The van der Waals surface area contributed by atoms with Gasteiger partial charge in [0.1, 0.15) is 11.9 Å². The summed E-state index contributed by atoms with van der Waals surface area (Å²) in [5.74, 6) is 0.898. The molecule has 0 saturated carbocycles. The predicted molar refractivity (Wildman–Crippen MR) is 96.2 cm³/mol. The van der Waals surface area contributed by atoms with Crippen molar-refractivity contribution in [1.29, 1.82) is 0 Å². The average molecular weight is 394 g/mol. The summed E-state index contributed by atoms with van der Waals surface area (Å²) in [7, 11) is 1.58. The lowest BCUT2D eigenvalue weighted by atomic mass is 10.1. The summed E-state index contributed by atoms with van der Waals surface area (Å²) < 4.78 is 48.5. The molecule has 0 N–H and O–H groups in total. The van der Waals surface area contributed by atoms with E-state index in [1.54, 1.807) is 12.0 Å². The summed E-state index contributed by atoms with van der Waals surface area (Å²) in [6, 6.07) is 9.57. The van der Waals surface area contributed by atoms with Crippen molar-refractivity contribution in [3.8, 4) is 11.6 Å². The lowest BCUT2D eigenvalue weighted by Crippen LogP contribution is -2.42. The molecule has 0 atom stereocenters. The average Bonchev–Trinajstić information content (AvgIpc) is 2.68. The van der Waals surface area contributed by atoms with Crippen molar-refractivity contribution in [3.05, 3.63) is 53.7 Å². The minimum atomic E-state index is -4.42. The molecule has 1 fully saturated rings. The first kappa shape index (κ1) is 20.0. The molecule has 5 nitrogen and oxygen atoms in total. The van der Waals surface area contributed by atoms with Crippen LogP contribution < -0.4 is 9.47 Å². The second-order valence-corrected chi connectivity index (χ2v) is 6.61. The first-order valence-electron chi connectivity index (χ1n) is 8.96. The highest BCUT2D eigenvalue weighted by Crippen LogP contribution is 2.29. The third-order valence-corrected chi connectivity index (χ3v) is 4.64. The van der Waals surface area contributed by atoms with E-state index in [4.69, 9.17) is 9.47 Å². The molecule has 3 rings (SSSR count). The maximum atomic E-state index is 12.6. The number of hydrogen-bond acceptors (Lipinski definition) is 4. The topological polar surface area (TPSA) is 51.7 Å². The van der Waals surface area contributed by atoms with E-state index >= 15 is 0 Å². The van der Waals surface area contributed by atoms with Crippen molar-refractivity contribution in [2.75, 3.05) is 20.2 Å². The van der Waals surface area contributed by atoms with E-state index in [2.05, 4.69) is 4.98 Å². The third kappa shape index (κ3) is 5.15. The number of pyridine rings is 1. The van der Waals surface area contributed by atoms with E-state index in [0.717, 1.165) is 17.8 Å². The van der Waals surface area contributed by atoms with E-state index in [-0.39, 0.29) is 17.9 Å². The SMILES string of the molecule is COc1cccc(CC(=O)N2CCC(Oc3ccc(C(F)(F)F)cn3)CC2)c1. The largest absolute Gasteiger partial charge is 0.497 e. The number of ether oxygens (including phenoxy) is 2. The Balaban J connectivity index is 1.49. The van der Waals surface area contributed by atoms with Crippen molar-refractivity contribution in [1.82, 2.24) is 9.88 Å². The van der Waals surface area contributed by atoms with Crippen LogP contribution in [-0.4, -0.2) is 42.1 Å². The first-order valence-corrected chi connectivity index (χ1v) is 8.96. The summed E-state index contributed by atoms with van der Waals surface area (Å²) >= 11 is 0. The number of nitrogens with zero attached hydrogens (tertiary/aromatic N) is 2. The number of amides is 1. The van der Waals surface area contributed by atoms with Gasteiger partial charge < -0.3 is 14.4 Å². The van der Waals surface area contributed by atoms with Gasteiger partial charge in [-0.2, -0.15) is 13.2 Å². The van der Waals surface area contributed by atoms with E-state index in [0.29, 0.717) is 38.1 Å². The Morgan fingerprint density at radius 2 is 1.96 bits per heavy atom. The normalized spacial score (nSPS) is 15.4. The Hall–Kier alpha value is -2.77. The lowest BCUT2D eigenvalue weighted by Gasteiger charge is -2.32. The molecule has 1 amide bonds. The van der Waals surface area contributed by atoms with Gasteiger partial charge in [-0.3, -0.25) is 4.79 Å². The minimum absolute atomic E-state index is 0.0272. The van der Waals surface area contributed by atoms with Gasteiger partial charge in [0.15, 0.2) is 0 Å². The Morgan fingerprint density at radius 3 is 2.57 bits per heavy atom. The van der Waals surface area contributed by atoms with E-state index < -0.39 is 11.7 Å². The molecule has 0 aliphatic carbocycles. The smallest absolute Gasteiger partial charge is 0.417 e. The molecule has 2 heterocycles. The quantitative estimate of drug-likeness (QED) is 0.776. The Kier molecular flexibility index (Phi) is 6.06. The van der Waals surface area contributed by atoms with Gasteiger partial charge in [0.05, 0.1) is 19.1 Å². The molecule has 0 radical (unpaired) electrons. The van der Waals surface area contributed by atoms with Crippen molar-refractivity contribution >= 4 is 5.91 Å². The fraction of sp³-hybridized carbons (Fsp3) is 0.400. The first-order chi connectivity index (χ1) is 13.3. The van der Waals surface area contributed by atoms with Crippen LogP contribution in [0.25, 0.3) is 0 Å². The Labute approximate surface area is 161 Å². The highest BCUT2D eigenvalue weighted by molar-refractivity contribution is 5.79. The maximum absolute atomic E-state index is 12.6. The van der Waals surface area contributed by atoms with Crippen molar-refractivity contribution < 1.29 is 27.4 Å². The van der Waals surface area contributed by atoms with Crippen LogP contribution in [0.3, 0.4) is 0 Å². The van der Waals surface area contributed by atoms with Crippen LogP contribution in [0.5, 0.6) is 11.6 Å². The van der Waals surface area contributed by atoms with E-state index in [1.807, 2.05) is 24.3 Å². The molecule has 0 bridgehead atoms. The fourth-order valence-electron chi connectivity index (χ4n) is 3.08. The third-order valence-electron chi connectivity index (χ3n) is 4.64. The zero-order valence-corrected chi connectivity index (χ0v) is 15.4. The molecule has 1 aliphatic heterocycles. The summed E-state index contributed by atoms with van der Waals surface area (Å²) in [5.41, 5.74) is 0.0782. The van der Waals surface area contributed by atoms with Crippen molar-refractivity contribution in [3.63, 3.8) is 0 Å². The van der Waals surface area contributed by atoms with Crippen molar-refractivity contribution in [2.24, 2.45) is 0 Å². The zero-order chi connectivity index (χ0) is 20.1. The molecule has 150 valence electrons. The van der Waals surface area contributed by atoms with Gasteiger partial charge >= 0.3 is 6.18 Å². The summed E-state index contributed by atoms with van der Waals surface area (Å²) in [6.07, 6.45) is -2.32. The second-order valence-electron chi connectivity index (χ2n) is 6.61. The summed E-state index contributed by atoms with van der Waals surface area (Å²) in [6.45, 7) is 1.07. The minimum Gasteiger partial charge on any atom is -0.497 e. The van der Waals surface area contributed by atoms with Gasteiger partial charge in [-0.15, -0.1) is 0 Å². The predicted octanol–water partition coefficient (Wildman–Crippen LogP) is 3.72. The molecule has 2 aromatic rings. The van der Waals surface area contributed by atoms with Crippen LogP contribution in [0.2, 0.25) is 0 Å². The van der Waals surface area contributed by atoms with Gasteiger partial charge in [-0.1, -0.05) is 12.1 Å². The second kappa shape index (κ2) is 8.50. The van der Waals surface area contributed by atoms with Gasteiger partial charge in [0.25, 0.3) is 0 Å². The van der Waals surface area contributed by atoms with Crippen LogP contribution in [0, 0.1) is 0 Å². The molecule has 1 aromatic heterocycles. The number of piperidine rings is 1. The number of carbonyl (C=O) groups excluding carboxylic acids is 1. The highest BCUT2D eigenvalue weighted by Gasteiger charge is 2.31. The standard InChI is InChI=1S/C20H21F3N2O3/c1-27-17-4-2-3-14(11-17)12-19(26)25-9-7-16(8-10-25)28-18-6-5-15(13-24-18)20(21,22)23/h2-6,11,13,16H,7-10,12H2,1H3. The molecule has 1 saturated heterocycles. The van der Waals surface area contributed by atoms with Crippen LogP contribution in [0.15, 0.2) is 42.6 Å². The van der Waals surface area contributed by atoms with Crippen LogP contribution >= 0.6 is 0 Å². The molecule has 8 heteroatoms. The number of carbonyl (C=O) groups is 1. The summed E-state index contributed by atoms with van der Waals surface area (Å²) in [4.78, 5) is 18.0. The molecule has 28 heavy (non-hydrogen) atoms. The fourth-order valence-corrected chi connectivity index (χ4v) is 3.08. The number of likely N-dealkylation sites (tertiary alicyclic amines) is 1. The van der Waals surface area contributed by atoms with Crippen LogP contribution in [0.4, 0.5) is 13.2 Å². The number of methoxy groups -OCH3 is 1. The Bertz CT molecular complexity index is 801. The van der Waals surface area contributed by atoms with Gasteiger partial charge in [0, 0.05) is 38.2 Å². The highest BCUT2D eigenvalue weighted by atomic mass is 19.4. The zero-order valence-electron chi connectivity index (χ0n) is 15.4. The Morgan fingerprint density at radius 1 is 1.21 bits per heavy atom. The van der Waals surface area contributed by atoms with Crippen molar-refractivity contribution in [2.45, 2.75) is 31.5 Å². The number of aromatic nitrogens is 1. The van der Waals surface area contributed by atoms with Crippen LogP contribution in [0.1, 0.15) is 24.0 Å². The molecular formula is C20H21F3N2O3. The number of hydrogen-bond donors (Lipinski definition) is 0. The van der Waals surface area contributed by atoms with Crippen LogP contribution in [-0.2, 0) is 17.4 Å². The number of rotatable bonds is 5. The molecule has 0 unspecified atom stereocenters. The molecule has 0 spiro atoms. The molecular weight excluding hydrogens is 373 g/mol. The van der Waals surface area contributed by atoms with Gasteiger partial charge in [-0.25, -0.2) is 4.98 Å². The van der Waals surface area contributed by atoms with E-state index in [9.17, 15) is 18.0 Å².